The van der Waals surface area contributed by atoms with E-state index in [0.717, 1.165) is 0 Å². The van der Waals surface area contributed by atoms with Crippen molar-refractivity contribution in [2.75, 3.05) is 7.11 Å². The number of halogens is 1. The van der Waals surface area contributed by atoms with Crippen molar-refractivity contribution in [2.45, 2.75) is 32.6 Å². The third kappa shape index (κ3) is 5.08. The molecule has 0 heterocycles. The molecule has 3 heteroatoms. The van der Waals surface area contributed by atoms with E-state index < -0.39 is 5.38 Å². The number of esters is 1. The zero-order chi connectivity index (χ0) is 9.07. The summed E-state index contributed by atoms with van der Waals surface area (Å²) in [4.78, 5) is 10.8. The van der Waals surface area contributed by atoms with Gasteiger partial charge in [0.1, 0.15) is 5.38 Å². The summed E-state index contributed by atoms with van der Waals surface area (Å²) in [5.74, 6) is -0.346. The average Bonchev–Trinajstić information content (AvgIpc) is 1.82. The van der Waals surface area contributed by atoms with Gasteiger partial charge in [-0.1, -0.05) is 20.8 Å². The fourth-order valence-electron chi connectivity index (χ4n) is 0.749. The van der Waals surface area contributed by atoms with Crippen molar-refractivity contribution in [3.05, 3.63) is 0 Å². The molecule has 0 N–H and O–H groups in total. The van der Waals surface area contributed by atoms with Crippen LogP contribution in [0.4, 0.5) is 0 Å². The fraction of sp³-hybridized carbons (Fsp3) is 0.875. The molecule has 0 spiro atoms. The SMILES string of the molecule is COC(=O)C(Cl)CC(C)(C)C. The Balaban J connectivity index is 3.87. The van der Waals surface area contributed by atoms with E-state index in [0.29, 0.717) is 6.42 Å². The molecule has 0 fully saturated rings. The van der Waals surface area contributed by atoms with Crippen LogP contribution in [-0.4, -0.2) is 18.5 Å². The molecule has 0 aromatic carbocycles. The number of carbonyl (C=O) groups excluding carboxylic acids is 1. The summed E-state index contributed by atoms with van der Waals surface area (Å²) in [7, 11) is 1.35. The van der Waals surface area contributed by atoms with Crippen LogP contribution in [0.1, 0.15) is 27.2 Å². The van der Waals surface area contributed by atoms with Gasteiger partial charge in [-0.2, -0.15) is 0 Å². The maximum atomic E-state index is 10.8. The molecule has 0 aliphatic carbocycles. The summed E-state index contributed by atoms with van der Waals surface area (Å²) < 4.78 is 4.49. The van der Waals surface area contributed by atoms with E-state index in [4.69, 9.17) is 11.6 Å². The quantitative estimate of drug-likeness (QED) is 0.479. The van der Waals surface area contributed by atoms with Gasteiger partial charge in [0.05, 0.1) is 7.11 Å². The van der Waals surface area contributed by atoms with Gasteiger partial charge in [0.25, 0.3) is 0 Å². The van der Waals surface area contributed by atoms with Crippen molar-refractivity contribution in [3.8, 4) is 0 Å². The third-order valence-corrected chi connectivity index (χ3v) is 1.58. The molecular weight excluding hydrogens is 164 g/mol. The molecule has 0 aliphatic heterocycles. The summed E-state index contributed by atoms with van der Waals surface area (Å²) in [5.41, 5.74) is 0.0700. The van der Waals surface area contributed by atoms with E-state index in [-0.39, 0.29) is 11.4 Å². The van der Waals surface area contributed by atoms with E-state index in [1.54, 1.807) is 0 Å². The van der Waals surface area contributed by atoms with E-state index in [1.165, 1.54) is 7.11 Å². The molecule has 0 amide bonds. The van der Waals surface area contributed by atoms with Gasteiger partial charge in [0.15, 0.2) is 0 Å². The molecule has 2 nitrogen and oxygen atoms in total. The van der Waals surface area contributed by atoms with Crippen LogP contribution in [0.5, 0.6) is 0 Å². The second-order valence-corrected chi connectivity index (χ2v) is 4.28. The summed E-state index contributed by atoms with van der Waals surface area (Å²) in [6, 6.07) is 0. The van der Waals surface area contributed by atoms with Crippen molar-refractivity contribution in [1.29, 1.82) is 0 Å². The van der Waals surface area contributed by atoms with Crippen LogP contribution in [0.25, 0.3) is 0 Å². The number of carbonyl (C=O) groups is 1. The molecule has 0 bridgehead atoms. The Kier molecular flexibility index (Phi) is 3.87. The van der Waals surface area contributed by atoms with Gasteiger partial charge >= 0.3 is 5.97 Å². The Bertz CT molecular complexity index is 138. The van der Waals surface area contributed by atoms with Gasteiger partial charge in [-0.3, -0.25) is 4.79 Å². The Labute approximate surface area is 72.9 Å². The minimum absolute atomic E-state index is 0.0700. The summed E-state index contributed by atoms with van der Waals surface area (Å²) in [6.07, 6.45) is 0.640. The van der Waals surface area contributed by atoms with Crippen molar-refractivity contribution >= 4 is 17.6 Å². The second kappa shape index (κ2) is 3.96. The zero-order valence-electron chi connectivity index (χ0n) is 7.48. The molecule has 11 heavy (non-hydrogen) atoms. The number of methoxy groups -OCH3 is 1. The molecular formula is C8H15ClO2. The van der Waals surface area contributed by atoms with Crippen LogP contribution in [0, 0.1) is 5.41 Å². The highest BCUT2D eigenvalue weighted by Crippen LogP contribution is 2.23. The Morgan fingerprint density at radius 3 is 2.27 bits per heavy atom. The first-order valence-corrected chi connectivity index (χ1v) is 4.02. The molecule has 0 rings (SSSR count). The lowest BCUT2D eigenvalue weighted by Gasteiger charge is -2.19. The molecule has 66 valence electrons. The first-order valence-electron chi connectivity index (χ1n) is 3.59. The zero-order valence-corrected chi connectivity index (χ0v) is 8.23. The van der Waals surface area contributed by atoms with Gasteiger partial charge in [0, 0.05) is 0 Å². The predicted octanol–water partition coefficient (Wildman–Crippen LogP) is 2.20. The largest absolute Gasteiger partial charge is 0.468 e. The maximum absolute atomic E-state index is 10.8. The fourth-order valence-corrected chi connectivity index (χ4v) is 1.30. The van der Waals surface area contributed by atoms with E-state index >= 15 is 0 Å². The smallest absolute Gasteiger partial charge is 0.323 e. The molecule has 1 atom stereocenters. The van der Waals surface area contributed by atoms with E-state index in [2.05, 4.69) is 4.74 Å². The number of alkyl halides is 1. The molecule has 0 saturated carbocycles. The van der Waals surface area contributed by atoms with Gasteiger partial charge in [-0.05, 0) is 11.8 Å². The van der Waals surface area contributed by atoms with Crippen molar-refractivity contribution in [2.24, 2.45) is 5.41 Å². The first kappa shape index (κ1) is 10.8. The molecule has 0 aliphatic rings. The Morgan fingerprint density at radius 1 is 1.55 bits per heavy atom. The van der Waals surface area contributed by atoms with Crippen molar-refractivity contribution in [3.63, 3.8) is 0 Å². The standard InChI is InChI=1S/C8H15ClO2/c1-8(2,3)5-6(9)7(10)11-4/h6H,5H2,1-4H3. The van der Waals surface area contributed by atoms with E-state index in [9.17, 15) is 4.79 Å². The van der Waals surface area contributed by atoms with Crippen LogP contribution >= 0.6 is 11.6 Å². The number of ether oxygens (including phenoxy) is 1. The summed E-state index contributed by atoms with van der Waals surface area (Å²) >= 11 is 5.74. The van der Waals surface area contributed by atoms with E-state index in [1.807, 2.05) is 20.8 Å². The highest BCUT2D eigenvalue weighted by molar-refractivity contribution is 6.29. The van der Waals surface area contributed by atoms with Crippen LogP contribution in [0.2, 0.25) is 0 Å². The minimum atomic E-state index is -0.514. The maximum Gasteiger partial charge on any atom is 0.323 e. The van der Waals surface area contributed by atoms with Gasteiger partial charge < -0.3 is 4.74 Å². The van der Waals surface area contributed by atoms with Crippen molar-refractivity contribution in [1.82, 2.24) is 0 Å². The summed E-state index contributed by atoms with van der Waals surface area (Å²) in [6.45, 7) is 6.10. The Morgan fingerprint density at radius 2 is 2.00 bits per heavy atom. The second-order valence-electron chi connectivity index (χ2n) is 3.76. The third-order valence-electron chi connectivity index (χ3n) is 1.25. The highest BCUT2D eigenvalue weighted by Gasteiger charge is 2.22. The first-order chi connectivity index (χ1) is 4.87. The minimum Gasteiger partial charge on any atom is -0.468 e. The summed E-state index contributed by atoms with van der Waals surface area (Å²) in [5, 5.41) is -0.514. The van der Waals surface area contributed by atoms with Crippen LogP contribution < -0.4 is 0 Å². The van der Waals surface area contributed by atoms with Gasteiger partial charge in [0.2, 0.25) is 0 Å². The van der Waals surface area contributed by atoms with Gasteiger partial charge in [-0.15, -0.1) is 11.6 Å². The Hall–Kier alpha value is -0.240. The van der Waals surface area contributed by atoms with Crippen LogP contribution in [-0.2, 0) is 9.53 Å². The normalized spacial score (nSPS) is 14.3. The predicted molar refractivity (Wildman–Crippen MR) is 45.7 cm³/mol. The van der Waals surface area contributed by atoms with Gasteiger partial charge in [-0.25, -0.2) is 0 Å². The molecule has 0 aromatic heterocycles. The molecule has 1 unspecified atom stereocenters. The monoisotopic (exact) mass is 178 g/mol. The van der Waals surface area contributed by atoms with Crippen LogP contribution in [0.15, 0.2) is 0 Å². The highest BCUT2D eigenvalue weighted by atomic mass is 35.5. The lowest BCUT2D eigenvalue weighted by atomic mass is 9.90. The molecule has 0 aromatic rings. The topological polar surface area (TPSA) is 26.3 Å². The molecule has 0 radical (unpaired) electrons. The molecule has 0 saturated heterocycles. The van der Waals surface area contributed by atoms with Crippen LogP contribution in [0.3, 0.4) is 0 Å². The number of hydrogen-bond acceptors (Lipinski definition) is 2. The average molecular weight is 179 g/mol. The lowest BCUT2D eigenvalue weighted by Crippen LogP contribution is -2.22. The number of hydrogen-bond donors (Lipinski definition) is 0. The van der Waals surface area contributed by atoms with Crippen molar-refractivity contribution < 1.29 is 9.53 Å². The number of rotatable bonds is 2. The lowest BCUT2D eigenvalue weighted by molar-refractivity contribution is -0.140.